The first-order chi connectivity index (χ1) is 28.7. The zero-order chi connectivity index (χ0) is 38.2. The fourth-order valence-corrected chi connectivity index (χ4v) is 8.57. The average Bonchev–Trinajstić information content (AvgIpc) is 3.88. The first-order valence-electron chi connectivity index (χ1n) is 19.4. The van der Waals surface area contributed by atoms with E-state index in [1.165, 1.54) is 16.3 Å². The van der Waals surface area contributed by atoms with Gasteiger partial charge < -0.3 is 8.83 Å². The molecular weight excluding hydrogens is 711 g/mol. The van der Waals surface area contributed by atoms with Crippen LogP contribution in [0, 0.1) is 0 Å². The zero-order valence-electron chi connectivity index (χ0n) is 31.1. The summed E-state index contributed by atoms with van der Waals surface area (Å²) in [6.07, 6.45) is 0. The number of hydrogen-bond donors (Lipinski definition) is 0. The largest absolute Gasteiger partial charge is 0.456 e. The number of rotatable bonds is 5. The van der Waals surface area contributed by atoms with Gasteiger partial charge in [-0.25, -0.2) is 15.0 Å². The molecule has 0 saturated heterocycles. The first kappa shape index (κ1) is 32.4. The normalized spacial score (nSPS) is 11.8. The van der Waals surface area contributed by atoms with Gasteiger partial charge in [-0.1, -0.05) is 152 Å². The van der Waals surface area contributed by atoms with Crippen LogP contribution in [0.1, 0.15) is 0 Å². The summed E-state index contributed by atoms with van der Waals surface area (Å²) in [5, 5.41) is 9.04. The van der Waals surface area contributed by atoms with E-state index in [-0.39, 0.29) is 0 Å². The van der Waals surface area contributed by atoms with Crippen molar-refractivity contribution < 1.29 is 8.83 Å². The van der Waals surface area contributed by atoms with Gasteiger partial charge in [0.1, 0.15) is 22.3 Å². The lowest BCUT2D eigenvalue weighted by Crippen LogP contribution is -2.00. The molecule has 0 aliphatic carbocycles. The van der Waals surface area contributed by atoms with Crippen LogP contribution < -0.4 is 0 Å². The molecule has 0 aliphatic heterocycles. The van der Waals surface area contributed by atoms with Gasteiger partial charge in [-0.3, -0.25) is 0 Å². The molecule has 12 aromatic rings. The van der Waals surface area contributed by atoms with Crippen LogP contribution >= 0.6 is 0 Å². The Bertz CT molecular complexity index is 3570. The smallest absolute Gasteiger partial charge is 0.164 e. The maximum absolute atomic E-state index is 6.25. The molecule has 0 amide bonds. The highest BCUT2D eigenvalue weighted by Gasteiger charge is 2.17. The van der Waals surface area contributed by atoms with Crippen LogP contribution in [0.15, 0.2) is 197 Å². The van der Waals surface area contributed by atoms with Crippen molar-refractivity contribution in [2.75, 3.05) is 0 Å². The van der Waals surface area contributed by atoms with Gasteiger partial charge in [0.25, 0.3) is 0 Å². The Balaban J connectivity index is 1.02. The number of hydrogen-bond acceptors (Lipinski definition) is 5. The van der Waals surface area contributed by atoms with Crippen molar-refractivity contribution in [2.45, 2.75) is 0 Å². The lowest BCUT2D eigenvalue weighted by Gasteiger charge is -2.11. The summed E-state index contributed by atoms with van der Waals surface area (Å²) in [5.74, 6) is 1.81. The molecule has 0 aliphatic rings. The summed E-state index contributed by atoms with van der Waals surface area (Å²) < 4.78 is 12.5. The molecule has 5 heteroatoms. The van der Waals surface area contributed by atoms with Crippen molar-refractivity contribution in [3.63, 3.8) is 0 Å². The van der Waals surface area contributed by atoms with E-state index in [4.69, 9.17) is 23.8 Å². The van der Waals surface area contributed by atoms with Crippen molar-refractivity contribution in [1.82, 2.24) is 15.0 Å². The summed E-state index contributed by atoms with van der Waals surface area (Å²) in [5.41, 5.74) is 10.7. The lowest BCUT2D eigenvalue weighted by atomic mass is 9.97. The highest BCUT2D eigenvalue weighted by molar-refractivity contribution is 6.19. The third-order valence-corrected chi connectivity index (χ3v) is 11.3. The average molecular weight is 742 g/mol. The molecule has 3 heterocycles. The van der Waals surface area contributed by atoms with Crippen molar-refractivity contribution in [3.8, 4) is 56.4 Å². The monoisotopic (exact) mass is 741 g/mol. The highest BCUT2D eigenvalue weighted by atomic mass is 16.3. The Labute approximate surface area is 332 Å². The number of fused-ring (bicyclic) bond motifs is 9. The summed E-state index contributed by atoms with van der Waals surface area (Å²) in [6.45, 7) is 0. The number of nitrogens with zero attached hydrogens (tertiary/aromatic N) is 3. The highest BCUT2D eigenvalue weighted by Crippen LogP contribution is 2.39. The number of aromatic nitrogens is 3. The molecule has 0 saturated carbocycles. The number of furan rings is 2. The third-order valence-electron chi connectivity index (χ3n) is 11.3. The van der Waals surface area contributed by atoms with Crippen molar-refractivity contribution in [2.24, 2.45) is 0 Å². The predicted molar refractivity (Wildman–Crippen MR) is 237 cm³/mol. The molecule has 0 fully saturated rings. The molecule has 0 N–H and O–H groups in total. The maximum atomic E-state index is 6.25. The van der Waals surface area contributed by atoms with Gasteiger partial charge in [-0.15, -0.1) is 0 Å². The second-order valence-electron chi connectivity index (χ2n) is 14.7. The maximum Gasteiger partial charge on any atom is 0.164 e. The van der Waals surface area contributed by atoms with E-state index in [9.17, 15) is 0 Å². The Hall–Kier alpha value is -7.89. The molecule has 9 aromatic carbocycles. The van der Waals surface area contributed by atoms with E-state index >= 15 is 0 Å². The SMILES string of the molecule is c1cc(-c2nc(-c3ccc(-c4cccc5ccccc45)cc3)nc(-c3ccc4c(ccc5oc6ccccc6c54)c3)n2)cc(-c2cccc3oc4ccccc4c23)c1. The van der Waals surface area contributed by atoms with Crippen LogP contribution in [-0.2, 0) is 0 Å². The molecule has 58 heavy (non-hydrogen) atoms. The van der Waals surface area contributed by atoms with Crippen LogP contribution in [0.2, 0.25) is 0 Å². The molecule has 0 bridgehead atoms. The van der Waals surface area contributed by atoms with E-state index in [1.807, 2.05) is 36.4 Å². The molecule has 0 atom stereocenters. The Kier molecular flexibility index (Phi) is 7.16. The minimum absolute atomic E-state index is 0.598. The molecule has 0 radical (unpaired) electrons. The van der Waals surface area contributed by atoms with Gasteiger partial charge in [0.2, 0.25) is 0 Å². The van der Waals surface area contributed by atoms with Gasteiger partial charge in [0, 0.05) is 38.2 Å². The summed E-state index contributed by atoms with van der Waals surface area (Å²) in [6, 6.07) is 65.2. The van der Waals surface area contributed by atoms with Gasteiger partial charge in [0.05, 0.1) is 0 Å². The van der Waals surface area contributed by atoms with Crippen LogP contribution in [0.4, 0.5) is 0 Å². The van der Waals surface area contributed by atoms with E-state index < -0.39 is 0 Å². The first-order valence-corrected chi connectivity index (χ1v) is 19.4. The van der Waals surface area contributed by atoms with Gasteiger partial charge >= 0.3 is 0 Å². The molecule has 12 rings (SSSR count). The fraction of sp³-hybridized carbons (Fsp3) is 0. The molecular formula is C53H31N3O2. The zero-order valence-corrected chi connectivity index (χ0v) is 31.1. The lowest BCUT2D eigenvalue weighted by molar-refractivity contribution is 0.668. The second-order valence-corrected chi connectivity index (χ2v) is 14.7. The molecule has 270 valence electrons. The third kappa shape index (κ3) is 5.21. The minimum Gasteiger partial charge on any atom is -0.456 e. The van der Waals surface area contributed by atoms with Gasteiger partial charge in [0.15, 0.2) is 17.5 Å². The minimum atomic E-state index is 0.598. The summed E-state index contributed by atoms with van der Waals surface area (Å²) in [7, 11) is 0. The predicted octanol–water partition coefficient (Wildman–Crippen LogP) is 14.3. The van der Waals surface area contributed by atoms with Crippen LogP contribution in [0.5, 0.6) is 0 Å². The van der Waals surface area contributed by atoms with Crippen molar-refractivity contribution in [3.05, 3.63) is 188 Å². The van der Waals surface area contributed by atoms with E-state index in [2.05, 4.69) is 152 Å². The van der Waals surface area contributed by atoms with E-state index in [0.717, 1.165) is 88.0 Å². The van der Waals surface area contributed by atoms with Gasteiger partial charge in [-0.2, -0.15) is 0 Å². The molecule has 5 nitrogen and oxygen atoms in total. The molecule has 0 unspecified atom stereocenters. The van der Waals surface area contributed by atoms with Crippen LogP contribution in [-0.4, -0.2) is 15.0 Å². The Morgan fingerprint density at radius 2 is 0.810 bits per heavy atom. The fourth-order valence-electron chi connectivity index (χ4n) is 8.57. The van der Waals surface area contributed by atoms with E-state index in [1.54, 1.807) is 0 Å². The van der Waals surface area contributed by atoms with Crippen LogP contribution in [0.3, 0.4) is 0 Å². The summed E-state index contributed by atoms with van der Waals surface area (Å²) >= 11 is 0. The Morgan fingerprint density at radius 1 is 0.276 bits per heavy atom. The Morgan fingerprint density at radius 3 is 1.60 bits per heavy atom. The second kappa shape index (κ2) is 12.8. The number of benzene rings is 9. The van der Waals surface area contributed by atoms with E-state index in [0.29, 0.717) is 17.5 Å². The summed E-state index contributed by atoms with van der Waals surface area (Å²) in [4.78, 5) is 15.5. The topological polar surface area (TPSA) is 65.0 Å². The van der Waals surface area contributed by atoms with Crippen molar-refractivity contribution >= 4 is 65.4 Å². The molecule has 0 spiro atoms. The standard InChI is InChI=1S/C53H31N3O2/c1-2-14-39-32(10-1)11-8-17-40(39)33-22-24-34(25-23-33)51-54-52(37-13-7-12-35(30-37)41-18-9-21-47-49(41)43-15-3-5-19-45(43)57-47)56-53(55-51)38-26-28-42-36(31-38)27-29-48-50(42)44-16-4-6-20-46(44)58-48/h1-31H. The molecule has 3 aromatic heterocycles. The van der Waals surface area contributed by atoms with Crippen molar-refractivity contribution in [1.29, 1.82) is 0 Å². The van der Waals surface area contributed by atoms with Gasteiger partial charge in [-0.05, 0) is 80.2 Å². The quantitative estimate of drug-likeness (QED) is 0.176. The van der Waals surface area contributed by atoms with Crippen LogP contribution in [0.25, 0.3) is 122 Å². The number of para-hydroxylation sites is 2.